The molecule has 1 N–H and O–H groups in total. The number of piperidine rings is 1. The third kappa shape index (κ3) is 3.50. The van der Waals surface area contributed by atoms with E-state index >= 15 is 0 Å². The second-order valence-corrected chi connectivity index (χ2v) is 7.91. The quantitative estimate of drug-likeness (QED) is 0.866. The van der Waals surface area contributed by atoms with Gasteiger partial charge in [-0.3, -0.25) is 0 Å². The molecule has 0 aromatic carbocycles. The van der Waals surface area contributed by atoms with E-state index in [1.54, 1.807) is 16.4 Å². The first-order valence-corrected chi connectivity index (χ1v) is 9.48. The summed E-state index contributed by atoms with van der Waals surface area (Å²) < 4.78 is 26.7. The Hall–Kier alpha value is -1.40. The molecule has 1 saturated heterocycles. The summed E-state index contributed by atoms with van der Waals surface area (Å²) in [6.45, 7) is 1.24. The zero-order valence-electron chi connectivity index (χ0n) is 12.7. The first-order chi connectivity index (χ1) is 10.7. The molecule has 0 amide bonds. The number of aromatic nitrogens is 1. The Bertz CT molecular complexity index is 619. The second kappa shape index (κ2) is 6.79. The van der Waals surface area contributed by atoms with Crippen molar-refractivity contribution in [2.45, 2.75) is 49.5 Å². The van der Waals surface area contributed by atoms with Gasteiger partial charge in [0.05, 0.1) is 0 Å². The highest BCUT2D eigenvalue weighted by Crippen LogP contribution is 2.21. The van der Waals surface area contributed by atoms with Gasteiger partial charge in [-0.25, -0.2) is 13.4 Å². The Balaban J connectivity index is 1.69. The monoisotopic (exact) mass is 321 g/mol. The first-order valence-electron chi connectivity index (χ1n) is 8.04. The molecular formula is C16H23N3O2S. The van der Waals surface area contributed by atoms with E-state index in [0.29, 0.717) is 24.0 Å². The molecule has 0 bridgehead atoms. The van der Waals surface area contributed by atoms with Gasteiger partial charge in [-0.1, -0.05) is 18.6 Å². The lowest BCUT2D eigenvalue weighted by Gasteiger charge is -2.26. The summed E-state index contributed by atoms with van der Waals surface area (Å²) in [7, 11) is -3.38. The van der Waals surface area contributed by atoms with Gasteiger partial charge in [0.2, 0.25) is 10.0 Å². The van der Waals surface area contributed by atoms with Gasteiger partial charge in [0.1, 0.15) is 10.7 Å². The number of anilines is 1. The SMILES string of the molecule is O=S(=O)(c1ccc(NC2CC=CCC2)nc1)N1CCCCC1. The van der Waals surface area contributed by atoms with E-state index in [1.165, 1.54) is 6.20 Å². The highest BCUT2D eigenvalue weighted by atomic mass is 32.2. The number of sulfonamides is 1. The normalized spacial score (nSPS) is 23.4. The van der Waals surface area contributed by atoms with Crippen LogP contribution in [0.1, 0.15) is 38.5 Å². The molecule has 22 heavy (non-hydrogen) atoms. The van der Waals surface area contributed by atoms with Crippen LogP contribution in [-0.4, -0.2) is 36.8 Å². The minimum absolute atomic E-state index is 0.295. The topological polar surface area (TPSA) is 62.3 Å². The van der Waals surface area contributed by atoms with Gasteiger partial charge >= 0.3 is 0 Å². The van der Waals surface area contributed by atoms with Crippen LogP contribution in [0.2, 0.25) is 0 Å². The highest BCUT2D eigenvalue weighted by molar-refractivity contribution is 7.89. The molecule has 0 radical (unpaired) electrons. The van der Waals surface area contributed by atoms with E-state index < -0.39 is 10.0 Å². The van der Waals surface area contributed by atoms with Crippen molar-refractivity contribution in [3.8, 4) is 0 Å². The molecular weight excluding hydrogens is 298 g/mol. The molecule has 2 heterocycles. The van der Waals surface area contributed by atoms with E-state index in [1.807, 2.05) is 0 Å². The summed E-state index contributed by atoms with van der Waals surface area (Å²) in [4.78, 5) is 4.59. The Morgan fingerprint density at radius 1 is 1.14 bits per heavy atom. The highest BCUT2D eigenvalue weighted by Gasteiger charge is 2.26. The van der Waals surface area contributed by atoms with Gasteiger partial charge in [0.25, 0.3) is 0 Å². The number of pyridine rings is 1. The molecule has 1 aliphatic heterocycles. The summed E-state index contributed by atoms with van der Waals surface area (Å²) >= 11 is 0. The average molecular weight is 321 g/mol. The molecule has 120 valence electrons. The van der Waals surface area contributed by atoms with Crippen LogP contribution >= 0.6 is 0 Å². The maximum Gasteiger partial charge on any atom is 0.244 e. The number of rotatable bonds is 4. The number of hydrogen-bond donors (Lipinski definition) is 1. The standard InChI is InChI=1S/C16H23N3O2S/c20-22(21,19-11-5-2-6-12-19)15-9-10-16(17-13-15)18-14-7-3-1-4-8-14/h1,3,9-10,13-14H,2,4-8,11-12H2,(H,17,18). The lowest BCUT2D eigenvalue weighted by Crippen LogP contribution is -2.35. The zero-order chi connectivity index (χ0) is 15.4. The fourth-order valence-electron chi connectivity index (χ4n) is 3.01. The summed E-state index contributed by atoms with van der Waals surface area (Å²) in [5, 5.41) is 3.37. The van der Waals surface area contributed by atoms with Gasteiger partial charge in [0.15, 0.2) is 0 Å². The molecule has 6 heteroatoms. The molecule has 0 saturated carbocycles. The van der Waals surface area contributed by atoms with Crippen LogP contribution in [0.5, 0.6) is 0 Å². The largest absolute Gasteiger partial charge is 0.367 e. The van der Waals surface area contributed by atoms with E-state index in [9.17, 15) is 8.42 Å². The molecule has 1 fully saturated rings. The van der Waals surface area contributed by atoms with Crippen LogP contribution in [0, 0.1) is 0 Å². The van der Waals surface area contributed by atoms with Gasteiger partial charge in [-0.15, -0.1) is 0 Å². The summed E-state index contributed by atoms with van der Waals surface area (Å²) in [6.07, 6.45) is 12.0. The molecule has 2 aliphatic rings. The minimum atomic E-state index is -3.38. The third-order valence-electron chi connectivity index (χ3n) is 4.31. The van der Waals surface area contributed by atoms with Crippen LogP contribution in [0.3, 0.4) is 0 Å². The smallest absolute Gasteiger partial charge is 0.244 e. The zero-order valence-corrected chi connectivity index (χ0v) is 13.6. The molecule has 1 aromatic heterocycles. The van der Waals surface area contributed by atoms with Crippen molar-refractivity contribution in [1.29, 1.82) is 0 Å². The lowest BCUT2D eigenvalue weighted by molar-refractivity contribution is 0.346. The molecule has 1 unspecified atom stereocenters. The molecule has 1 atom stereocenters. The van der Waals surface area contributed by atoms with E-state index in [-0.39, 0.29) is 0 Å². The molecule has 0 spiro atoms. The maximum absolute atomic E-state index is 12.5. The van der Waals surface area contributed by atoms with Crippen LogP contribution in [-0.2, 0) is 10.0 Å². The van der Waals surface area contributed by atoms with Crippen LogP contribution in [0.4, 0.5) is 5.82 Å². The van der Waals surface area contributed by atoms with Crippen LogP contribution in [0.25, 0.3) is 0 Å². The van der Waals surface area contributed by atoms with Gasteiger partial charge in [-0.2, -0.15) is 4.31 Å². The van der Waals surface area contributed by atoms with Crippen molar-refractivity contribution in [2.75, 3.05) is 18.4 Å². The van der Waals surface area contributed by atoms with E-state index in [0.717, 1.165) is 44.3 Å². The summed E-state index contributed by atoms with van der Waals surface area (Å²) in [5.41, 5.74) is 0. The predicted octanol–water partition coefficient (Wildman–Crippen LogP) is 2.78. The van der Waals surface area contributed by atoms with Gasteiger partial charge in [0, 0.05) is 25.3 Å². The van der Waals surface area contributed by atoms with Crippen LogP contribution < -0.4 is 5.32 Å². The average Bonchev–Trinajstić information content (AvgIpc) is 2.57. The van der Waals surface area contributed by atoms with Crippen LogP contribution in [0.15, 0.2) is 35.4 Å². The summed E-state index contributed by atoms with van der Waals surface area (Å²) in [5.74, 6) is 0.748. The number of hydrogen-bond acceptors (Lipinski definition) is 4. The maximum atomic E-state index is 12.5. The fraction of sp³-hybridized carbons (Fsp3) is 0.562. The predicted molar refractivity (Wildman–Crippen MR) is 87.2 cm³/mol. The fourth-order valence-corrected chi connectivity index (χ4v) is 4.47. The Morgan fingerprint density at radius 2 is 1.95 bits per heavy atom. The number of nitrogens with one attached hydrogen (secondary N) is 1. The lowest BCUT2D eigenvalue weighted by atomic mass is 10.0. The first kappa shape index (κ1) is 15.5. The van der Waals surface area contributed by atoms with E-state index in [4.69, 9.17) is 0 Å². The van der Waals surface area contributed by atoms with E-state index in [2.05, 4.69) is 22.5 Å². The number of nitrogens with zero attached hydrogens (tertiary/aromatic N) is 2. The Kier molecular flexibility index (Phi) is 4.78. The van der Waals surface area contributed by atoms with Crippen molar-refractivity contribution in [2.24, 2.45) is 0 Å². The number of allylic oxidation sites excluding steroid dienone is 1. The molecule has 5 nitrogen and oxygen atoms in total. The molecule has 1 aromatic rings. The Morgan fingerprint density at radius 3 is 2.59 bits per heavy atom. The van der Waals surface area contributed by atoms with Gasteiger partial charge in [-0.05, 0) is 44.2 Å². The molecule has 3 rings (SSSR count). The van der Waals surface area contributed by atoms with Gasteiger partial charge < -0.3 is 5.32 Å². The van der Waals surface area contributed by atoms with Crippen molar-refractivity contribution >= 4 is 15.8 Å². The van der Waals surface area contributed by atoms with Crippen molar-refractivity contribution in [1.82, 2.24) is 9.29 Å². The van der Waals surface area contributed by atoms with Crippen molar-refractivity contribution in [3.63, 3.8) is 0 Å². The minimum Gasteiger partial charge on any atom is -0.367 e. The second-order valence-electron chi connectivity index (χ2n) is 5.97. The third-order valence-corrected chi connectivity index (χ3v) is 6.19. The summed E-state index contributed by atoms with van der Waals surface area (Å²) in [6, 6.07) is 3.83. The van der Waals surface area contributed by atoms with Crippen molar-refractivity contribution in [3.05, 3.63) is 30.5 Å². The molecule has 1 aliphatic carbocycles. The van der Waals surface area contributed by atoms with Crippen molar-refractivity contribution < 1.29 is 8.42 Å². The Labute approximate surface area is 132 Å².